The molecular weight excluding hydrogens is 476 g/mol. The van der Waals surface area contributed by atoms with Crippen LogP contribution in [0.3, 0.4) is 0 Å². The van der Waals surface area contributed by atoms with E-state index in [4.69, 9.17) is 15.6 Å². The van der Waals surface area contributed by atoms with Crippen LogP contribution in [0.15, 0.2) is 66.9 Å². The van der Waals surface area contributed by atoms with Crippen LogP contribution < -0.4 is 10.5 Å². The summed E-state index contributed by atoms with van der Waals surface area (Å²) in [6.45, 7) is 2.28. The SMILES string of the molecule is CCc1cccc(OCc2nn(C3CCC3)c3ccc(-c4ccc5ccnc(N)c5c4)cc23)c1CC(=O)O. The van der Waals surface area contributed by atoms with E-state index >= 15 is 0 Å². The minimum atomic E-state index is -0.869. The van der Waals surface area contributed by atoms with Crippen LogP contribution in [0.2, 0.25) is 0 Å². The molecule has 38 heavy (non-hydrogen) atoms. The molecule has 3 aromatic carbocycles. The third-order valence-corrected chi connectivity index (χ3v) is 7.64. The van der Waals surface area contributed by atoms with Crippen molar-refractivity contribution in [2.75, 3.05) is 5.73 Å². The lowest BCUT2D eigenvalue weighted by Gasteiger charge is -2.26. The quantitative estimate of drug-likeness (QED) is 0.255. The second kappa shape index (κ2) is 9.82. The summed E-state index contributed by atoms with van der Waals surface area (Å²) in [4.78, 5) is 15.8. The molecule has 1 fully saturated rings. The molecular formula is C31H30N4O3. The van der Waals surface area contributed by atoms with Crippen molar-refractivity contribution in [3.05, 3.63) is 83.7 Å². The van der Waals surface area contributed by atoms with Crippen LogP contribution in [-0.2, 0) is 24.2 Å². The second-order valence-electron chi connectivity index (χ2n) is 9.95. The van der Waals surface area contributed by atoms with Gasteiger partial charge in [-0.15, -0.1) is 0 Å². The van der Waals surface area contributed by atoms with Crippen molar-refractivity contribution in [1.29, 1.82) is 0 Å². The molecule has 1 aliphatic rings. The summed E-state index contributed by atoms with van der Waals surface area (Å²) in [6.07, 6.45) is 5.86. The lowest BCUT2D eigenvalue weighted by molar-refractivity contribution is -0.136. The molecule has 7 heteroatoms. The number of hydrogen-bond donors (Lipinski definition) is 2. The highest BCUT2D eigenvalue weighted by Gasteiger charge is 2.24. The Hall–Kier alpha value is -4.39. The molecule has 0 spiro atoms. The number of nitrogen functional groups attached to an aromatic ring is 1. The molecule has 0 amide bonds. The lowest BCUT2D eigenvalue weighted by atomic mass is 9.93. The van der Waals surface area contributed by atoms with Gasteiger partial charge >= 0.3 is 5.97 Å². The van der Waals surface area contributed by atoms with Crippen LogP contribution in [0.4, 0.5) is 5.82 Å². The first kappa shape index (κ1) is 24.0. The summed E-state index contributed by atoms with van der Waals surface area (Å²) in [6, 6.07) is 20.8. The highest BCUT2D eigenvalue weighted by atomic mass is 16.5. The first-order valence-corrected chi connectivity index (χ1v) is 13.1. The number of carbonyl (C=O) groups is 1. The summed E-state index contributed by atoms with van der Waals surface area (Å²) >= 11 is 0. The number of carboxylic acids is 1. The normalized spacial score (nSPS) is 13.6. The average Bonchev–Trinajstić information content (AvgIpc) is 3.24. The summed E-state index contributed by atoms with van der Waals surface area (Å²) < 4.78 is 8.42. The van der Waals surface area contributed by atoms with Crippen molar-refractivity contribution in [1.82, 2.24) is 14.8 Å². The molecule has 1 saturated carbocycles. The molecule has 3 N–H and O–H groups in total. The zero-order valence-corrected chi connectivity index (χ0v) is 21.4. The number of aromatic nitrogens is 3. The molecule has 2 heterocycles. The number of hydrogen-bond acceptors (Lipinski definition) is 5. The number of benzene rings is 3. The smallest absolute Gasteiger partial charge is 0.307 e. The van der Waals surface area contributed by atoms with Crippen LogP contribution >= 0.6 is 0 Å². The Labute approximate surface area is 220 Å². The van der Waals surface area contributed by atoms with Crippen LogP contribution in [0.25, 0.3) is 32.8 Å². The number of carboxylic acid groups (broad SMARTS) is 1. The standard InChI is InChI=1S/C31H30N4O3/c1-2-19-5-3-8-29(24(19)17-30(36)37)38-18-27-26-16-22(11-12-28(26)35(34-27)23-6-4-7-23)21-10-9-20-13-14-33-31(32)25(20)15-21/h3,5,8-16,23H,2,4,6-7,17-18H2,1H3,(H2,32,33)(H,36,37). The third kappa shape index (κ3) is 4.34. The monoisotopic (exact) mass is 506 g/mol. The molecule has 0 radical (unpaired) electrons. The summed E-state index contributed by atoms with van der Waals surface area (Å²) in [5, 5.41) is 17.5. The highest BCUT2D eigenvalue weighted by molar-refractivity contribution is 5.95. The zero-order valence-electron chi connectivity index (χ0n) is 21.4. The number of fused-ring (bicyclic) bond motifs is 2. The van der Waals surface area contributed by atoms with Crippen LogP contribution in [0, 0.1) is 0 Å². The van der Waals surface area contributed by atoms with Gasteiger partial charge in [0, 0.05) is 22.5 Å². The van der Waals surface area contributed by atoms with E-state index in [-0.39, 0.29) is 13.0 Å². The number of ether oxygens (including phenoxy) is 1. The summed E-state index contributed by atoms with van der Waals surface area (Å²) in [5.74, 6) is 0.252. The average molecular weight is 507 g/mol. The van der Waals surface area contributed by atoms with Crippen molar-refractivity contribution in [2.24, 2.45) is 0 Å². The number of anilines is 1. The Morgan fingerprint density at radius 3 is 2.61 bits per heavy atom. The van der Waals surface area contributed by atoms with E-state index in [2.05, 4.69) is 46.1 Å². The first-order chi connectivity index (χ1) is 18.5. The number of pyridine rings is 1. The molecule has 0 aliphatic heterocycles. The minimum Gasteiger partial charge on any atom is -0.487 e. The van der Waals surface area contributed by atoms with Gasteiger partial charge in [0.15, 0.2) is 0 Å². The molecule has 7 nitrogen and oxygen atoms in total. The Morgan fingerprint density at radius 2 is 1.87 bits per heavy atom. The number of aryl methyl sites for hydroxylation is 1. The van der Waals surface area contributed by atoms with Crippen LogP contribution in [-0.4, -0.2) is 25.8 Å². The minimum absolute atomic E-state index is 0.0687. The Morgan fingerprint density at radius 1 is 1.08 bits per heavy atom. The van der Waals surface area contributed by atoms with E-state index < -0.39 is 5.97 Å². The van der Waals surface area contributed by atoms with E-state index in [1.807, 2.05) is 31.2 Å². The van der Waals surface area contributed by atoms with E-state index in [1.54, 1.807) is 6.20 Å². The van der Waals surface area contributed by atoms with Gasteiger partial charge in [-0.1, -0.05) is 37.3 Å². The van der Waals surface area contributed by atoms with Crippen LogP contribution in [0.5, 0.6) is 5.75 Å². The third-order valence-electron chi connectivity index (χ3n) is 7.64. The molecule has 0 unspecified atom stereocenters. The van der Waals surface area contributed by atoms with E-state index in [0.717, 1.165) is 68.9 Å². The van der Waals surface area contributed by atoms with Crippen molar-refractivity contribution < 1.29 is 14.6 Å². The Kier molecular flexibility index (Phi) is 6.19. The summed E-state index contributed by atoms with van der Waals surface area (Å²) in [5.41, 5.74) is 11.9. The largest absolute Gasteiger partial charge is 0.487 e. The van der Waals surface area contributed by atoms with Crippen LogP contribution in [0.1, 0.15) is 49.0 Å². The predicted molar refractivity (Wildman–Crippen MR) is 149 cm³/mol. The van der Waals surface area contributed by atoms with Gasteiger partial charge in [-0.05, 0) is 78.1 Å². The summed E-state index contributed by atoms with van der Waals surface area (Å²) in [7, 11) is 0. The molecule has 192 valence electrons. The van der Waals surface area contributed by atoms with Crippen molar-refractivity contribution in [2.45, 2.75) is 51.7 Å². The van der Waals surface area contributed by atoms with E-state index in [9.17, 15) is 9.90 Å². The van der Waals surface area contributed by atoms with Crippen molar-refractivity contribution >= 4 is 33.5 Å². The fourth-order valence-corrected chi connectivity index (χ4v) is 5.35. The number of rotatable bonds is 8. The van der Waals surface area contributed by atoms with Gasteiger partial charge in [0.1, 0.15) is 23.9 Å². The second-order valence-corrected chi connectivity index (χ2v) is 9.95. The predicted octanol–water partition coefficient (Wildman–Crippen LogP) is 6.33. The molecule has 1 aliphatic carbocycles. The molecule has 2 aromatic heterocycles. The van der Waals surface area contributed by atoms with Gasteiger partial charge in [0.25, 0.3) is 0 Å². The van der Waals surface area contributed by atoms with Gasteiger partial charge in [-0.25, -0.2) is 4.98 Å². The van der Waals surface area contributed by atoms with Crippen molar-refractivity contribution in [3.8, 4) is 16.9 Å². The Balaban J connectivity index is 1.40. The van der Waals surface area contributed by atoms with Gasteiger partial charge in [-0.3, -0.25) is 9.48 Å². The van der Waals surface area contributed by atoms with E-state index in [1.165, 1.54) is 6.42 Å². The van der Waals surface area contributed by atoms with E-state index in [0.29, 0.717) is 17.6 Å². The number of nitrogens with zero attached hydrogens (tertiary/aromatic N) is 3. The maximum absolute atomic E-state index is 11.5. The zero-order chi connectivity index (χ0) is 26.2. The molecule has 0 atom stereocenters. The maximum Gasteiger partial charge on any atom is 0.307 e. The van der Waals surface area contributed by atoms with Gasteiger partial charge in [0.05, 0.1) is 18.0 Å². The van der Waals surface area contributed by atoms with Gasteiger partial charge < -0.3 is 15.6 Å². The van der Waals surface area contributed by atoms with Gasteiger partial charge in [0.2, 0.25) is 0 Å². The molecule has 5 aromatic rings. The molecule has 6 rings (SSSR count). The number of nitrogens with two attached hydrogens (primary N) is 1. The number of aliphatic carboxylic acids is 1. The lowest BCUT2D eigenvalue weighted by Crippen LogP contribution is -2.18. The van der Waals surface area contributed by atoms with Crippen molar-refractivity contribution in [3.63, 3.8) is 0 Å². The topological polar surface area (TPSA) is 103 Å². The fourth-order valence-electron chi connectivity index (χ4n) is 5.35. The molecule has 0 bridgehead atoms. The fraction of sp³-hybridized carbons (Fsp3) is 0.258. The first-order valence-electron chi connectivity index (χ1n) is 13.1. The Bertz CT molecular complexity index is 1670. The molecule has 0 saturated heterocycles. The van der Waals surface area contributed by atoms with Gasteiger partial charge in [-0.2, -0.15) is 5.10 Å². The maximum atomic E-state index is 11.5. The highest BCUT2D eigenvalue weighted by Crippen LogP contribution is 2.37.